The molecule has 140 valence electrons. The highest BCUT2D eigenvalue weighted by atomic mass is 32.2. The van der Waals surface area contributed by atoms with Crippen molar-refractivity contribution in [2.24, 2.45) is 0 Å². The van der Waals surface area contributed by atoms with Gasteiger partial charge in [0.25, 0.3) is 0 Å². The van der Waals surface area contributed by atoms with Gasteiger partial charge in [-0.05, 0) is 45.3 Å². The number of nitrogens with one attached hydrogen (secondary N) is 1. The van der Waals surface area contributed by atoms with Gasteiger partial charge in [0, 0.05) is 6.04 Å². The number of hydrogen-bond acceptors (Lipinski definition) is 5. The molecular weight excluding hydrogens is 346 g/mol. The molecule has 1 amide bonds. The largest absolute Gasteiger partial charge is 0.353 e. The summed E-state index contributed by atoms with van der Waals surface area (Å²) in [6, 6.07) is 10.5. The third-order valence-corrected chi connectivity index (χ3v) is 5.29. The maximum Gasteiger partial charge on any atom is 0.230 e. The molecule has 1 aromatic carbocycles. The second-order valence-corrected chi connectivity index (χ2v) is 7.91. The van der Waals surface area contributed by atoms with Crippen LogP contribution in [0.5, 0.6) is 0 Å². The third kappa shape index (κ3) is 5.32. The lowest BCUT2D eigenvalue weighted by molar-refractivity contribution is -0.119. The van der Waals surface area contributed by atoms with E-state index in [1.165, 1.54) is 30.2 Å². The molecule has 0 aliphatic carbocycles. The van der Waals surface area contributed by atoms with E-state index in [0.29, 0.717) is 5.75 Å². The van der Waals surface area contributed by atoms with Gasteiger partial charge >= 0.3 is 0 Å². The first-order valence-corrected chi connectivity index (χ1v) is 10.2. The van der Waals surface area contributed by atoms with Crippen molar-refractivity contribution >= 4 is 17.7 Å². The average molecular weight is 374 g/mol. The summed E-state index contributed by atoms with van der Waals surface area (Å²) in [5.41, 5.74) is 1.21. The van der Waals surface area contributed by atoms with Gasteiger partial charge in [-0.25, -0.2) is 0 Å². The van der Waals surface area contributed by atoms with Gasteiger partial charge in [0.15, 0.2) is 5.16 Å². The number of benzene rings is 1. The van der Waals surface area contributed by atoms with Crippen LogP contribution in [0.3, 0.4) is 0 Å². The molecule has 1 N–H and O–H groups in total. The Kier molecular flexibility index (Phi) is 6.68. The van der Waals surface area contributed by atoms with Crippen molar-refractivity contribution in [3.8, 4) is 0 Å². The summed E-state index contributed by atoms with van der Waals surface area (Å²) >= 11 is 1.45. The third-order valence-electron chi connectivity index (χ3n) is 4.32. The van der Waals surface area contributed by atoms with Crippen molar-refractivity contribution in [1.29, 1.82) is 0 Å². The molecule has 6 nitrogen and oxygen atoms in total. The van der Waals surface area contributed by atoms with Crippen LogP contribution >= 0.6 is 11.8 Å². The van der Waals surface area contributed by atoms with Crippen LogP contribution in [-0.4, -0.2) is 50.5 Å². The summed E-state index contributed by atoms with van der Waals surface area (Å²) < 4.78 is 2.15. The molecule has 0 radical (unpaired) electrons. The Morgan fingerprint density at radius 1 is 1.15 bits per heavy atom. The first-order valence-electron chi connectivity index (χ1n) is 9.22. The second kappa shape index (κ2) is 9.19. The molecule has 0 unspecified atom stereocenters. The zero-order valence-electron chi connectivity index (χ0n) is 15.5. The number of aromatic nitrogens is 3. The normalized spacial score (nSPS) is 14.9. The standard InChI is InChI=1S/C19H27N5OS/c1-15(2)20-18(25)14-26-19-22-21-17(13-23-10-6-7-11-23)24(19)12-16-8-4-3-5-9-16/h3-5,8-9,15H,6-7,10-14H2,1-2H3,(H,20,25). The zero-order valence-corrected chi connectivity index (χ0v) is 16.3. The fourth-order valence-corrected chi connectivity index (χ4v) is 3.87. The molecule has 0 saturated carbocycles. The van der Waals surface area contributed by atoms with E-state index in [1.807, 2.05) is 32.0 Å². The van der Waals surface area contributed by atoms with Gasteiger partial charge in [-0.3, -0.25) is 9.69 Å². The molecule has 2 heterocycles. The molecule has 3 rings (SSSR count). The van der Waals surface area contributed by atoms with E-state index in [9.17, 15) is 4.79 Å². The summed E-state index contributed by atoms with van der Waals surface area (Å²) in [7, 11) is 0. The van der Waals surface area contributed by atoms with Crippen LogP contribution in [0.2, 0.25) is 0 Å². The molecule has 2 aromatic rings. The monoisotopic (exact) mass is 373 g/mol. The zero-order chi connectivity index (χ0) is 18.4. The minimum Gasteiger partial charge on any atom is -0.353 e. The predicted octanol–water partition coefficient (Wildman–Crippen LogP) is 2.54. The first kappa shape index (κ1) is 18.9. The number of carbonyl (C=O) groups is 1. The lowest BCUT2D eigenvalue weighted by atomic mass is 10.2. The van der Waals surface area contributed by atoms with Gasteiger partial charge in [-0.2, -0.15) is 0 Å². The van der Waals surface area contributed by atoms with Crippen molar-refractivity contribution in [2.75, 3.05) is 18.8 Å². The minimum absolute atomic E-state index is 0.0281. The highest BCUT2D eigenvalue weighted by Gasteiger charge is 2.19. The molecule has 0 atom stereocenters. The Balaban J connectivity index is 1.74. The van der Waals surface area contributed by atoms with Crippen LogP contribution in [0.25, 0.3) is 0 Å². The average Bonchev–Trinajstić information content (AvgIpc) is 3.25. The number of carbonyl (C=O) groups excluding carboxylic acids is 1. The molecule has 1 aromatic heterocycles. The topological polar surface area (TPSA) is 63.1 Å². The lowest BCUT2D eigenvalue weighted by Crippen LogP contribution is -2.31. The maximum atomic E-state index is 12.0. The van der Waals surface area contributed by atoms with Gasteiger partial charge < -0.3 is 9.88 Å². The number of hydrogen-bond donors (Lipinski definition) is 1. The summed E-state index contributed by atoms with van der Waals surface area (Å²) in [6.07, 6.45) is 2.51. The van der Waals surface area contributed by atoms with Crippen molar-refractivity contribution in [3.05, 3.63) is 41.7 Å². The quantitative estimate of drug-likeness (QED) is 0.721. The Morgan fingerprint density at radius 2 is 1.88 bits per heavy atom. The van der Waals surface area contributed by atoms with Gasteiger partial charge in [0.05, 0.1) is 18.8 Å². The van der Waals surface area contributed by atoms with Gasteiger partial charge in [-0.1, -0.05) is 42.1 Å². The van der Waals surface area contributed by atoms with E-state index in [-0.39, 0.29) is 11.9 Å². The van der Waals surface area contributed by atoms with E-state index in [2.05, 4.69) is 37.1 Å². The van der Waals surface area contributed by atoms with Crippen molar-refractivity contribution in [2.45, 2.75) is 51.0 Å². The summed E-state index contributed by atoms with van der Waals surface area (Å²) in [5.74, 6) is 1.36. The molecular formula is C19H27N5OS. The highest BCUT2D eigenvalue weighted by molar-refractivity contribution is 7.99. The Hall–Kier alpha value is -1.86. The van der Waals surface area contributed by atoms with Crippen LogP contribution in [0.4, 0.5) is 0 Å². The molecule has 1 saturated heterocycles. The number of thioether (sulfide) groups is 1. The number of nitrogens with zero attached hydrogens (tertiary/aromatic N) is 4. The van der Waals surface area contributed by atoms with Crippen molar-refractivity contribution in [1.82, 2.24) is 25.0 Å². The van der Waals surface area contributed by atoms with Crippen LogP contribution in [0.15, 0.2) is 35.5 Å². The maximum absolute atomic E-state index is 12.0. The predicted molar refractivity (Wildman–Crippen MR) is 104 cm³/mol. The van der Waals surface area contributed by atoms with Crippen molar-refractivity contribution in [3.63, 3.8) is 0 Å². The fourth-order valence-electron chi connectivity index (χ4n) is 3.10. The van der Waals surface area contributed by atoms with Gasteiger partial charge in [0.1, 0.15) is 5.82 Å². The summed E-state index contributed by atoms with van der Waals surface area (Å²) in [6.45, 7) is 7.72. The fraction of sp³-hybridized carbons (Fsp3) is 0.526. The van der Waals surface area contributed by atoms with Crippen LogP contribution in [0.1, 0.15) is 38.1 Å². The number of likely N-dealkylation sites (tertiary alicyclic amines) is 1. The lowest BCUT2D eigenvalue weighted by Gasteiger charge is -2.16. The first-order chi connectivity index (χ1) is 12.6. The van der Waals surface area contributed by atoms with Crippen molar-refractivity contribution < 1.29 is 4.79 Å². The van der Waals surface area contributed by atoms with Gasteiger partial charge in [-0.15, -0.1) is 10.2 Å². The molecule has 1 fully saturated rings. The highest BCUT2D eigenvalue weighted by Crippen LogP contribution is 2.21. The smallest absolute Gasteiger partial charge is 0.230 e. The second-order valence-electron chi connectivity index (χ2n) is 6.96. The molecule has 0 spiro atoms. The Labute approximate surface area is 159 Å². The summed E-state index contributed by atoms with van der Waals surface area (Å²) in [5, 5.41) is 12.5. The van der Waals surface area contributed by atoms with Crippen LogP contribution < -0.4 is 5.32 Å². The molecule has 1 aliphatic heterocycles. The Morgan fingerprint density at radius 3 is 2.58 bits per heavy atom. The van der Waals surface area contributed by atoms with Gasteiger partial charge in [0.2, 0.25) is 5.91 Å². The SMILES string of the molecule is CC(C)NC(=O)CSc1nnc(CN2CCCC2)n1Cc1ccccc1. The van der Waals surface area contributed by atoms with E-state index in [4.69, 9.17) is 0 Å². The molecule has 26 heavy (non-hydrogen) atoms. The van der Waals surface area contributed by atoms with Crippen LogP contribution in [0, 0.1) is 0 Å². The molecule has 1 aliphatic rings. The minimum atomic E-state index is 0.0281. The molecule has 0 bridgehead atoms. The van der Waals surface area contributed by atoms with Crippen LogP contribution in [-0.2, 0) is 17.9 Å². The summed E-state index contributed by atoms with van der Waals surface area (Å²) in [4.78, 5) is 14.4. The molecule has 7 heteroatoms. The van der Waals surface area contributed by atoms with E-state index < -0.39 is 0 Å². The Bertz CT molecular complexity index is 710. The van der Waals surface area contributed by atoms with E-state index >= 15 is 0 Å². The van der Waals surface area contributed by atoms with E-state index in [1.54, 1.807) is 0 Å². The number of rotatable bonds is 8. The number of amides is 1. The van der Waals surface area contributed by atoms with E-state index in [0.717, 1.165) is 37.2 Å².